The summed E-state index contributed by atoms with van der Waals surface area (Å²) in [6.45, 7) is 5.50. The molecule has 0 bridgehead atoms. The summed E-state index contributed by atoms with van der Waals surface area (Å²) in [5.41, 5.74) is 1.27. The summed E-state index contributed by atoms with van der Waals surface area (Å²) in [5, 5.41) is 4.31. The molecule has 124 valence electrons. The first-order valence-corrected chi connectivity index (χ1v) is 8.29. The second kappa shape index (κ2) is 6.66. The van der Waals surface area contributed by atoms with E-state index in [1.54, 1.807) is 0 Å². The van der Waals surface area contributed by atoms with Gasteiger partial charge in [0.1, 0.15) is 0 Å². The molecule has 2 atom stereocenters. The lowest BCUT2D eigenvalue weighted by molar-refractivity contribution is 0.183. The maximum absolute atomic E-state index is 4.47. The van der Waals surface area contributed by atoms with Crippen LogP contribution in [-0.2, 0) is 13.5 Å². The summed E-state index contributed by atoms with van der Waals surface area (Å²) in [5.74, 6) is 0.834. The molecule has 23 heavy (non-hydrogen) atoms. The molecule has 3 rings (SSSR count). The zero-order chi connectivity index (χ0) is 16.4. The summed E-state index contributed by atoms with van der Waals surface area (Å²) in [7, 11) is 4.19. The van der Waals surface area contributed by atoms with Crippen molar-refractivity contribution in [3.05, 3.63) is 36.4 Å². The lowest BCUT2D eigenvalue weighted by Gasteiger charge is -2.35. The first kappa shape index (κ1) is 15.9. The average Bonchev–Trinajstić information content (AvgIpc) is 3.14. The fraction of sp³-hybridized carbons (Fsp3) is 0.588. The zero-order valence-corrected chi connectivity index (χ0v) is 14.4. The second-order valence-corrected chi connectivity index (χ2v) is 6.65. The van der Waals surface area contributed by atoms with Crippen LogP contribution in [0.15, 0.2) is 30.9 Å². The number of hydrogen-bond acceptors (Lipinski definition) is 5. The van der Waals surface area contributed by atoms with Gasteiger partial charge in [0.2, 0.25) is 5.95 Å². The maximum Gasteiger partial charge on any atom is 0.225 e. The van der Waals surface area contributed by atoms with E-state index < -0.39 is 0 Å². The minimum Gasteiger partial charge on any atom is -0.336 e. The van der Waals surface area contributed by atoms with Crippen molar-refractivity contribution in [2.45, 2.75) is 44.8 Å². The lowest BCUT2D eigenvalue weighted by atomic mass is 10.00. The van der Waals surface area contributed by atoms with E-state index in [0.29, 0.717) is 18.1 Å². The van der Waals surface area contributed by atoms with Gasteiger partial charge in [-0.1, -0.05) is 0 Å². The van der Waals surface area contributed by atoms with Crippen molar-refractivity contribution in [2.24, 2.45) is 7.05 Å². The summed E-state index contributed by atoms with van der Waals surface area (Å²) in [6.07, 6.45) is 9.82. The Bertz CT molecular complexity index is 623. The number of rotatable bonds is 5. The van der Waals surface area contributed by atoms with Crippen LogP contribution in [0, 0.1) is 0 Å². The van der Waals surface area contributed by atoms with E-state index in [-0.39, 0.29) is 0 Å². The van der Waals surface area contributed by atoms with Gasteiger partial charge < -0.3 is 4.90 Å². The third-order valence-corrected chi connectivity index (χ3v) is 4.86. The molecular formula is C17H26N6. The van der Waals surface area contributed by atoms with E-state index in [9.17, 15) is 0 Å². The van der Waals surface area contributed by atoms with Gasteiger partial charge in [0.15, 0.2) is 0 Å². The minimum absolute atomic E-state index is 0.369. The van der Waals surface area contributed by atoms with E-state index in [4.69, 9.17) is 0 Å². The highest BCUT2D eigenvalue weighted by molar-refractivity contribution is 5.35. The Morgan fingerprint density at radius 2 is 2.04 bits per heavy atom. The normalized spacial score (nSPS) is 21.6. The van der Waals surface area contributed by atoms with Crippen molar-refractivity contribution in [1.29, 1.82) is 0 Å². The summed E-state index contributed by atoms with van der Waals surface area (Å²) in [4.78, 5) is 13.8. The maximum atomic E-state index is 4.47. The molecule has 0 N–H and O–H groups in total. The van der Waals surface area contributed by atoms with Crippen molar-refractivity contribution in [2.75, 3.05) is 18.5 Å². The predicted octanol–water partition coefficient (Wildman–Crippen LogP) is 1.74. The largest absolute Gasteiger partial charge is 0.336 e. The standard InChI is InChI=1S/C17H26N6/c1-13(2)22(4)15-6-9-23(17-18-7-5-8-19-17)16(15)10-14-11-20-21(3)12-14/h5,7-8,11-13,15-16H,6,9-10H2,1-4H3/t15-,16+/m1/s1. The van der Waals surface area contributed by atoms with Gasteiger partial charge in [-0.25, -0.2) is 9.97 Å². The van der Waals surface area contributed by atoms with Crippen LogP contribution < -0.4 is 4.90 Å². The van der Waals surface area contributed by atoms with Crippen molar-refractivity contribution in [1.82, 2.24) is 24.6 Å². The number of aryl methyl sites for hydroxylation is 1. The second-order valence-electron chi connectivity index (χ2n) is 6.65. The molecule has 2 aromatic rings. The number of anilines is 1. The van der Waals surface area contributed by atoms with E-state index in [2.05, 4.69) is 52.0 Å². The van der Waals surface area contributed by atoms with Gasteiger partial charge in [-0.2, -0.15) is 5.10 Å². The Balaban J connectivity index is 1.87. The third kappa shape index (κ3) is 3.37. The molecule has 0 amide bonds. The fourth-order valence-corrected chi connectivity index (χ4v) is 3.45. The Morgan fingerprint density at radius 3 is 2.65 bits per heavy atom. The van der Waals surface area contributed by atoms with Crippen molar-refractivity contribution < 1.29 is 0 Å². The van der Waals surface area contributed by atoms with Crippen molar-refractivity contribution in [3.8, 4) is 0 Å². The number of hydrogen-bond donors (Lipinski definition) is 0. The lowest BCUT2D eigenvalue weighted by Crippen LogP contribution is -2.47. The fourth-order valence-electron chi connectivity index (χ4n) is 3.45. The summed E-state index contributed by atoms with van der Waals surface area (Å²) >= 11 is 0. The molecule has 0 radical (unpaired) electrons. The van der Waals surface area contributed by atoms with Crippen molar-refractivity contribution >= 4 is 5.95 Å². The van der Waals surface area contributed by atoms with E-state index in [1.165, 1.54) is 5.56 Å². The van der Waals surface area contributed by atoms with Gasteiger partial charge in [-0.05, 0) is 45.4 Å². The molecule has 2 aromatic heterocycles. The summed E-state index contributed by atoms with van der Waals surface area (Å²) in [6, 6.07) is 3.26. The number of aromatic nitrogens is 4. The smallest absolute Gasteiger partial charge is 0.225 e. The minimum atomic E-state index is 0.369. The molecular weight excluding hydrogens is 288 g/mol. The Hall–Kier alpha value is -1.95. The topological polar surface area (TPSA) is 50.1 Å². The van der Waals surface area contributed by atoms with Crippen molar-refractivity contribution in [3.63, 3.8) is 0 Å². The molecule has 1 fully saturated rings. The molecule has 1 saturated heterocycles. The first-order chi connectivity index (χ1) is 11.1. The number of nitrogens with zero attached hydrogens (tertiary/aromatic N) is 6. The number of likely N-dealkylation sites (N-methyl/N-ethyl adjacent to an activating group) is 1. The van der Waals surface area contributed by atoms with Crippen LogP contribution >= 0.6 is 0 Å². The van der Waals surface area contributed by atoms with Gasteiger partial charge in [-0.15, -0.1) is 0 Å². The molecule has 3 heterocycles. The monoisotopic (exact) mass is 314 g/mol. The molecule has 0 unspecified atom stereocenters. The van der Waals surface area contributed by atoms with E-state index in [1.807, 2.05) is 36.4 Å². The quantitative estimate of drug-likeness (QED) is 0.841. The SMILES string of the molecule is CC(C)N(C)[C@@H]1CCN(c2ncccn2)[C@H]1Cc1cnn(C)c1. The van der Waals surface area contributed by atoms with Crippen LogP contribution in [-0.4, -0.2) is 56.4 Å². The van der Waals surface area contributed by atoms with Crippen LogP contribution in [0.4, 0.5) is 5.95 Å². The molecule has 0 spiro atoms. The highest BCUT2D eigenvalue weighted by Gasteiger charge is 2.38. The predicted molar refractivity (Wildman–Crippen MR) is 91.4 cm³/mol. The van der Waals surface area contributed by atoms with E-state index >= 15 is 0 Å². The third-order valence-electron chi connectivity index (χ3n) is 4.86. The van der Waals surface area contributed by atoms with Crippen LogP contribution in [0.3, 0.4) is 0 Å². The molecule has 1 aliphatic rings. The van der Waals surface area contributed by atoms with Gasteiger partial charge in [0.05, 0.1) is 12.2 Å². The van der Waals surface area contributed by atoms with Crippen LogP contribution in [0.25, 0.3) is 0 Å². The first-order valence-electron chi connectivity index (χ1n) is 8.29. The van der Waals surface area contributed by atoms with Crippen LogP contribution in [0.1, 0.15) is 25.8 Å². The molecule has 1 aliphatic heterocycles. The highest BCUT2D eigenvalue weighted by atomic mass is 15.3. The Kier molecular flexibility index (Phi) is 4.61. The van der Waals surface area contributed by atoms with Crippen LogP contribution in [0.2, 0.25) is 0 Å². The Labute approximate surface area is 138 Å². The van der Waals surface area contributed by atoms with E-state index in [0.717, 1.165) is 25.3 Å². The molecule has 6 heteroatoms. The zero-order valence-electron chi connectivity index (χ0n) is 14.4. The van der Waals surface area contributed by atoms with Crippen LogP contribution in [0.5, 0.6) is 0 Å². The van der Waals surface area contributed by atoms with Gasteiger partial charge in [0, 0.05) is 44.3 Å². The summed E-state index contributed by atoms with van der Waals surface area (Å²) < 4.78 is 1.87. The van der Waals surface area contributed by atoms with Gasteiger partial charge in [-0.3, -0.25) is 9.58 Å². The molecule has 0 saturated carbocycles. The highest BCUT2D eigenvalue weighted by Crippen LogP contribution is 2.29. The molecule has 6 nitrogen and oxygen atoms in total. The van der Waals surface area contributed by atoms with Gasteiger partial charge >= 0.3 is 0 Å². The Morgan fingerprint density at radius 1 is 1.30 bits per heavy atom. The van der Waals surface area contributed by atoms with Gasteiger partial charge in [0.25, 0.3) is 0 Å². The average molecular weight is 314 g/mol. The molecule has 0 aromatic carbocycles. The molecule has 0 aliphatic carbocycles.